The van der Waals surface area contributed by atoms with Gasteiger partial charge in [-0.05, 0) is 24.1 Å². The molecule has 0 heterocycles. The number of anilines is 1. The third-order valence-corrected chi connectivity index (χ3v) is 3.42. The van der Waals surface area contributed by atoms with E-state index in [9.17, 15) is 13.6 Å². The van der Waals surface area contributed by atoms with Gasteiger partial charge in [0.05, 0.1) is 10.7 Å². The maximum Gasteiger partial charge on any atom is 0.316 e. The number of hydrogen-bond acceptors (Lipinski definition) is 2. The van der Waals surface area contributed by atoms with Crippen LogP contribution in [0.5, 0.6) is 0 Å². The van der Waals surface area contributed by atoms with Crippen molar-refractivity contribution in [3.05, 3.63) is 28.8 Å². The minimum absolute atomic E-state index is 0.239. The molecule has 6 heteroatoms. The summed E-state index contributed by atoms with van der Waals surface area (Å²) in [4.78, 5) is 10.9. The van der Waals surface area contributed by atoms with Crippen LogP contribution in [0.25, 0.3) is 0 Å². The topological polar surface area (TPSA) is 63.3 Å². The average Bonchev–Trinajstić information content (AvgIpc) is 2.76. The Labute approximate surface area is 101 Å². The van der Waals surface area contributed by atoms with Gasteiger partial charge in [-0.2, -0.15) is 0 Å². The van der Waals surface area contributed by atoms with Gasteiger partial charge in [-0.15, -0.1) is 0 Å². The maximum atomic E-state index is 13.1. The molecule has 0 spiro atoms. The fourth-order valence-electron chi connectivity index (χ4n) is 1.89. The number of rotatable bonds is 3. The second kappa shape index (κ2) is 3.57. The van der Waals surface area contributed by atoms with E-state index in [0.717, 1.165) is 0 Å². The Morgan fingerprint density at radius 2 is 2.12 bits per heavy atom. The van der Waals surface area contributed by atoms with Crippen LogP contribution < -0.4 is 5.73 Å². The van der Waals surface area contributed by atoms with E-state index in [0.29, 0.717) is 10.6 Å². The first-order valence-electron chi connectivity index (χ1n) is 4.94. The van der Waals surface area contributed by atoms with Crippen molar-refractivity contribution in [1.29, 1.82) is 0 Å². The average molecular weight is 262 g/mol. The molecular weight excluding hydrogens is 252 g/mol. The van der Waals surface area contributed by atoms with E-state index in [-0.39, 0.29) is 12.1 Å². The number of benzene rings is 1. The lowest BCUT2D eigenvalue weighted by atomic mass is 9.95. The van der Waals surface area contributed by atoms with Crippen LogP contribution in [-0.2, 0) is 11.2 Å². The molecule has 1 aromatic rings. The minimum atomic E-state index is -3.15. The number of hydrogen-bond donors (Lipinski definition) is 2. The first-order valence-corrected chi connectivity index (χ1v) is 5.31. The lowest BCUT2D eigenvalue weighted by Gasteiger charge is -2.12. The van der Waals surface area contributed by atoms with Crippen molar-refractivity contribution in [1.82, 2.24) is 0 Å². The zero-order valence-corrected chi connectivity index (χ0v) is 9.47. The molecule has 1 atom stereocenters. The number of carbonyl (C=O) groups is 1. The molecule has 0 aromatic heterocycles. The Morgan fingerprint density at radius 3 is 2.53 bits per heavy atom. The fraction of sp³-hybridized carbons (Fsp3) is 0.364. The molecule has 1 aromatic carbocycles. The number of carboxylic acid groups (broad SMARTS) is 1. The second-order valence-electron chi connectivity index (χ2n) is 4.30. The van der Waals surface area contributed by atoms with Crippen LogP contribution in [0.15, 0.2) is 18.2 Å². The number of aliphatic carboxylic acids is 1. The Bertz CT molecular complexity index is 492. The number of halogens is 3. The second-order valence-corrected chi connectivity index (χ2v) is 4.71. The Hall–Kier alpha value is -1.36. The van der Waals surface area contributed by atoms with Gasteiger partial charge in [-0.1, -0.05) is 17.7 Å². The van der Waals surface area contributed by atoms with Gasteiger partial charge in [0.25, 0.3) is 5.92 Å². The minimum Gasteiger partial charge on any atom is -0.481 e. The van der Waals surface area contributed by atoms with Crippen molar-refractivity contribution in [2.45, 2.75) is 18.8 Å². The molecule has 1 aliphatic carbocycles. The van der Waals surface area contributed by atoms with Crippen LogP contribution >= 0.6 is 11.6 Å². The predicted octanol–water partition coefficient (Wildman–Crippen LogP) is 2.57. The van der Waals surface area contributed by atoms with Crippen molar-refractivity contribution in [2.75, 3.05) is 5.73 Å². The summed E-state index contributed by atoms with van der Waals surface area (Å²) in [6.45, 7) is 0. The zero-order chi connectivity index (χ0) is 12.8. The van der Waals surface area contributed by atoms with Crippen molar-refractivity contribution >= 4 is 23.3 Å². The molecule has 0 bridgehead atoms. The van der Waals surface area contributed by atoms with E-state index in [2.05, 4.69) is 0 Å². The molecule has 92 valence electrons. The number of nitrogens with two attached hydrogens (primary N) is 1. The molecule has 1 saturated carbocycles. The van der Waals surface area contributed by atoms with E-state index in [1.807, 2.05) is 0 Å². The molecule has 3 nitrogen and oxygen atoms in total. The number of carboxylic acids is 1. The van der Waals surface area contributed by atoms with Crippen molar-refractivity contribution in [2.24, 2.45) is 5.41 Å². The third-order valence-electron chi connectivity index (χ3n) is 3.07. The van der Waals surface area contributed by atoms with Crippen LogP contribution in [0.1, 0.15) is 12.0 Å². The van der Waals surface area contributed by atoms with Gasteiger partial charge in [-0.25, -0.2) is 8.78 Å². The van der Waals surface area contributed by atoms with E-state index < -0.39 is 23.7 Å². The first-order chi connectivity index (χ1) is 7.78. The van der Waals surface area contributed by atoms with Crippen LogP contribution in [0.4, 0.5) is 14.5 Å². The zero-order valence-electron chi connectivity index (χ0n) is 8.71. The Balaban J connectivity index is 2.26. The number of nitrogen functional groups attached to an aromatic ring is 1. The molecule has 0 radical (unpaired) electrons. The molecule has 3 N–H and O–H groups in total. The van der Waals surface area contributed by atoms with E-state index >= 15 is 0 Å². The highest BCUT2D eigenvalue weighted by Crippen LogP contribution is 2.62. The normalized spacial score (nSPS) is 25.6. The summed E-state index contributed by atoms with van der Waals surface area (Å²) in [5.74, 6) is -4.62. The molecule has 1 aliphatic rings. The maximum absolute atomic E-state index is 13.1. The van der Waals surface area contributed by atoms with Gasteiger partial charge in [0.15, 0.2) is 0 Å². The molecular formula is C11H10ClF2NO2. The lowest BCUT2D eigenvalue weighted by Crippen LogP contribution is -2.25. The summed E-state index contributed by atoms with van der Waals surface area (Å²) in [7, 11) is 0. The van der Waals surface area contributed by atoms with Gasteiger partial charge in [0.1, 0.15) is 5.41 Å². The summed E-state index contributed by atoms with van der Waals surface area (Å²) in [6, 6.07) is 4.42. The smallest absolute Gasteiger partial charge is 0.316 e. The van der Waals surface area contributed by atoms with Crippen LogP contribution in [-0.4, -0.2) is 17.0 Å². The van der Waals surface area contributed by atoms with Crippen molar-refractivity contribution in [3.8, 4) is 0 Å². The van der Waals surface area contributed by atoms with Crippen LogP contribution in [0.3, 0.4) is 0 Å². The molecule has 0 aliphatic heterocycles. The monoisotopic (exact) mass is 261 g/mol. The quantitative estimate of drug-likeness (QED) is 0.822. The van der Waals surface area contributed by atoms with Gasteiger partial charge >= 0.3 is 5.97 Å². The molecule has 1 fully saturated rings. The van der Waals surface area contributed by atoms with Crippen LogP contribution in [0, 0.1) is 5.41 Å². The Kier molecular flexibility index (Phi) is 2.54. The largest absolute Gasteiger partial charge is 0.481 e. The van der Waals surface area contributed by atoms with E-state index in [4.69, 9.17) is 22.4 Å². The Morgan fingerprint density at radius 1 is 1.53 bits per heavy atom. The van der Waals surface area contributed by atoms with Crippen molar-refractivity contribution in [3.63, 3.8) is 0 Å². The summed E-state index contributed by atoms with van der Waals surface area (Å²) >= 11 is 5.70. The molecule has 0 saturated heterocycles. The lowest BCUT2D eigenvalue weighted by molar-refractivity contribution is -0.147. The third kappa shape index (κ3) is 1.84. The molecule has 1 unspecified atom stereocenters. The summed E-state index contributed by atoms with van der Waals surface area (Å²) in [6.07, 6.45) is -0.867. The fourth-order valence-corrected chi connectivity index (χ4v) is 2.00. The van der Waals surface area contributed by atoms with E-state index in [1.54, 1.807) is 0 Å². The SMILES string of the molecule is Nc1cc(CC2(C(=O)O)CC2(F)F)ccc1Cl. The highest BCUT2D eigenvalue weighted by atomic mass is 35.5. The number of alkyl halides is 2. The summed E-state index contributed by atoms with van der Waals surface area (Å²) in [5, 5.41) is 9.21. The van der Waals surface area contributed by atoms with Gasteiger partial charge in [-0.3, -0.25) is 4.79 Å². The summed E-state index contributed by atoms with van der Waals surface area (Å²) in [5.41, 5.74) is 4.27. The summed E-state index contributed by atoms with van der Waals surface area (Å²) < 4.78 is 26.3. The molecule has 17 heavy (non-hydrogen) atoms. The first kappa shape index (κ1) is 12.1. The predicted molar refractivity (Wildman–Crippen MR) is 59.2 cm³/mol. The van der Waals surface area contributed by atoms with Gasteiger partial charge in [0, 0.05) is 6.42 Å². The highest BCUT2D eigenvalue weighted by molar-refractivity contribution is 6.33. The van der Waals surface area contributed by atoms with Crippen molar-refractivity contribution < 1.29 is 18.7 Å². The van der Waals surface area contributed by atoms with E-state index in [1.165, 1.54) is 18.2 Å². The standard InChI is InChI=1S/C11H10ClF2NO2/c12-7-2-1-6(3-8(7)15)4-10(9(16)17)5-11(10,13)14/h1-3H,4-5,15H2,(H,16,17). The molecule has 0 amide bonds. The van der Waals surface area contributed by atoms with Gasteiger partial charge < -0.3 is 10.8 Å². The van der Waals surface area contributed by atoms with Crippen LogP contribution in [0.2, 0.25) is 5.02 Å². The van der Waals surface area contributed by atoms with Gasteiger partial charge in [0.2, 0.25) is 0 Å². The molecule has 2 rings (SSSR count). The highest BCUT2D eigenvalue weighted by Gasteiger charge is 2.76.